The van der Waals surface area contributed by atoms with Gasteiger partial charge in [-0.05, 0) is 60.4 Å². The van der Waals surface area contributed by atoms with Crippen LogP contribution in [0.3, 0.4) is 0 Å². The molecule has 1 fully saturated rings. The first-order valence-corrected chi connectivity index (χ1v) is 17.7. The number of halogens is 1. The Bertz CT molecular complexity index is 1750. The fourth-order valence-electron chi connectivity index (χ4n) is 5.94. The quantitative estimate of drug-likeness (QED) is 0.172. The summed E-state index contributed by atoms with van der Waals surface area (Å²) < 4.78 is 34.8. The van der Waals surface area contributed by atoms with Crippen LogP contribution in [0.15, 0.2) is 114 Å². The third kappa shape index (κ3) is 8.93. The smallest absolute Gasteiger partial charge is 0.264 e. The molecule has 5 rings (SSSR count). The minimum Gasteiger partial charge on any atom is -0.497 e. The molecule has 1 aliphatic carbocycles. The number of rotatable bonds is 13. The molecule has 10 heteroatoms. The molecule has 2 amide bonds. The van der Waals surface area contributed by atoms with E-state index in [4.69, 9.17) is 16.3 Å². The molecule has 47 heavy (non-hydrogen) atoms. The SMILES string of the molecule is COc1cccc(N(CC(=O)N(Cc2cccc(Cl)c2)C(Cc2ccccc2)C(=O)NC2CCCCC2)S(=O)(=O)c2ccccc2)c1. The van der Waals surface area contributed by atoms with Gasteiger partial charge in [0, 0.05) is 30.1 Å². The number of methoxy groups -OCH3 is 1. The van der Waals surface area contributed by atoms with Crippen molar-refractivity contribution in [3.63, 3.8) is 0 Å². The minimum atomic E-state index is -4.21. The number of carbonyl (C=O) groups excluding carboxylic acids is 2. The van der Waals surface area contributed by atoms with Gasteiger partial charge in [-0.3, -0.25) is 13.9 Å². The van der Waals surface area contributed by atoms with Crippen molar-refractivity contribution in [3.8, 4) is 5.75 Å². The van der Waals surface area contributed by atoms with Crippen molar-refractivity contribution in [1.82, 2.24) is 10.2 Å². The van der Waals surface area contributed by atoms with E-state index < -0.39 is 28.5 Å². The van der Waals surface area contributed by atoms with Gasteiger partial charge in [-0.2, -0.15) is 0 Å². The number of sulfonamides is 1. The molecule has 0 spiro atoms. The molecule has 0 bridgehead atoms. The largest absolute Gasteiger partial charge is 0.497 e. The zero-order valence-electron chi connectivity index (χ0n) is 26.4. The lowest BCUT2D eigenvalue weighted by atomic mass is 9.94. The Kier molecular flexibility index (Phi) is 11.6. The van der Waals surface area contributed by atoms with E-state index in [1.54, 1.807) is 60.7 Å². The highest BCUT2D eigenvalue weighted by Crippen LogP contribution is 2.28. The fourth-order valence-corrected chi connectivity index (χ4v) is 7.58. The predicted octanol–water partition coefficient (Wildman–Crippen LogP) is 6.63. The van der Waals surface area contributed by atoms with Crippen LogP contribution < -0.4 is 14.4 Å². The molecule has 1 saturated carbocycles. The first kappa shape index (κ1) is 34.0. The average molecular weight is 674 g/mol. The third-order valence-electron chi connectivity index (χ3n) is 8.42. The molecule has 8 nitrogen and oxygen atoms in total. The second kappa shape index (κ2) is 16.0. The van der Waals surface area contributed by atoms with Crippen molar-refractivity contribution >= 4 is 39.1 Å². The van der Waals surface area contributed by atoms with Gasteiger partial charge in [-0.25, -0.2) is 8.42 Å². The number of nitrogens with zero attached hydrogens (tertiary/aromatic N) is 2. The first-order valence-electron chi connectivity index (χ1n) is 15.8. The van der Waals surface area contributed by atoms with Crippen LogP contribution in [0.5, 0.6) is 5.75 Å². The lowest BCUT2D eigenvalue weighted by Crippen LogP contribution is -2.55. The van der Waals surface area contributed by atoms with Gasteiger partial charge in [0.05, 0.1) is 17.7 Å². The zero-order valence-corrected chi connectivity index (χ0v) is 28.0. The summed E-state index contributed by atoms with van der Waals surface area (Å²) >= 11 is 6.35. The number of ether oxygens (including phenoxy) is 1. The number of nitrogens with one attached hydrogen (secondary N) is 1. The van der Waals surface area contributed by atoms with Gasteiger partial charge in [0.2, 0.25) is 11.8 Å². The van der Waals surface area contributed by atoms with E-state index in [0.717, 1.165) is 42.0 Å². The molecule has 0 aromatic heterocycles. The summed E-state index contributed by atoms with van der Waals surface area (Å²) in [6.07, 6.45) is 5.21. The molecule has 1 N–H and O–H groups in total. The standard InChI is InChI=1S/C37H40ClN3O5S/c1-46-33-20-12-19-32(25-33)41(47(44,45)34-21-9-4-10-22-34)27-36(42)40(26-29-15-11-16-30(38)23-29)35(24-28-13-5-2-6-14-28)37(43)39-31-17-7-3-8-18-31/h2,4-6,9-16,19-23,25,31,35H,3,7-8,17-18,24,26-27H2,1H3,(H,39,43). The first-order chi connectivity index (χ1) is 22.7. The van der Waals surface area contributed by atoms with Crippen molar-refractivity contribution in [2.24, 2.45) is 0 Å². The van der Waals surface area contributed by atoms with Crippen molar-refractivity contribution in [2.45, 2.75) is 62.0 Å². The second-order valence-corrected chi connectivity index (χ2v) is 14.0. The molecule has 0 heterocycles. The number of amides is 2. The van der Waals surface area contributed by atoms with Gasteiger partial charge in [0.1, 0.15) is 18.3 Å². The number of carbonyl (C=O) groups is 2. The summed E-state index contributed by atoms with van der Waals surface area (Å²) in [6.45, 7) is -0.501. The van der Waals surface area contributed by atoms with Crippen LogP contribution in [0.4, 0.5) is 5.69 Å². The van der Waals surface area contributed by atoms with Gasteiger partial charge in [-0.1, -0.05) is 97.6 Å². The molecule has 1 unspecified atom stereocenters. The Hall–Kier alpha value is -4.34. The topological polar surface area (TPSA) is 96.0 Å². The van der Waals surface area contributed by atoms with E-state index in [1.807, 2.05) is 36.4 Å². The average Bonchev–Trinajstić information content (AvgIpc) is 3.10. The summed E-state index contributed by atoms with van der Waals surface area (Å²) in [6, 6.07) is 30.3. The summed E-state index contributed by atoms with van der Waals surface area (Å²) in [7, 11) is -2.71. The maximum absolute atomic E-state index is 14.7. The highest BCUT2D eigenvalue weighted by atomic mass is 35.5. The maximum Gasteiger partial charge on any atom is 0.264 e. The molecule has 246 valence electrons. The highest BCUT2D eigenvalue weighted by molar-refractivity contribution is 7.92. The normalized spacial score (nSPS) is 14.2. The Balaban J connectivity index is 1.57. The lowest BCUT2D eigenvalue weighted by molar-refractivity contribution is -0.140. The van der Waals surface area contributed by atoms with Crippen molar-refractivity contribution < 1.29 is 22.7 Å². The second-order valence-electron chi connectivity index (χ2n) is 11.7. The van der Waals surface area contributed by atoms with Crippen molar-refractivity contribution in [3.05, 3.63) is 125 Å². The van der Waals surface area contributed by atoms with Crippen LogP contribution in [-0.2, 0) is 32.6 Å². The van der Waals surface area contributed by atoms with Gasteiger partial charge in [0.15, 0.2) is 0 Å². The summed E-state index contributed by atoms with van der Waals surface area (Å²) in [5.41, 5.74) is 1.85. The Morgan fingerprint density at radius 3 is 2.19 bits per heavy atom. The van der Waals surface area contributed by atoms with Crippen molar-refractivity contribution in [1.29, 1.82) is 0 Å². The summed E-state index contributed by atoms with van der Waals surface area (Å²) in [4.78, 5) is 30.4. The van der Waals surface area contributed by atoms with Gasteiger partial charge in [-0.15, -0.1) is 0 Å². The van der Waals surface area contributed by atoms with Crippen LogP contribution >= 0.6 is 11.6 Å². The Labute approximate surface area is 282 Å². The Morgan fingerprint density at radius 1 is 0.851 bits per heavy atom. The highest BCUT2D eigenvalue weighted by Gasteiger charge is 2.35. The van der Waals surface area contributed by atoms with Crippen LogP contribution in [0.2, 0.25) is 5.02 Å². The van der Waals surface area contributed by atoms with Crippen molar-refractivity contribution in [2.75, 3.05) is 18.0 Å². The molecule has 1 aliphatic rings. The summed E-state index contributed by atoms with van der Waals surface area (Å²) in [5, 5.41) is 3.71. The van der Waals surface area contributed by atoms with Crippen LogP contribution in [-0.4, -0.2) is 50.9 Å². The molecule has 4 aromatic rings. The van der Waals surface area contributed by atoms with E-state index in [-0.39, 0.29) is 35.5 Å². The predicted molar refractivity (Wildman–Crippen MR) is 185 cm³/mol. The van der Waals surface area contributed by atoms with Gasteiger partial charge >= 0.3 is 0 Å². The van der Waals surface area contributed by atoms with Crippen LogP contribution in [0.1, 0.15) is 43.2 Å². The molecule has 4 aromatic carbocycles. The van der Waals surface area contributed by atoms with Crippen LogP contribution in [0, 0.1) is 0 Å². The third-order valence-corrected chi connectivity index (χ3v) is 10.4. The maximum atomic E-state index is 14.7. The molecule has 0 aliphatic heterocycles. The number of benzene rings is 4. The monoisotopic (exact) mass is 673 g/mol. The Morgan fingerprint density at radius 2 is 1.51 bits per heavy atom. The van der Waals surface area contributed by atoms with Gasteiger partial charge in [0.25, 0.3) is 10.0 Å². The minimum absolute atomic E-state index is 0.0179. The van der Waals surface area contributed by atoms with E-state index in [0.29, 0.717) is 16.3 Å². The molecular weight excluding hydrogens is 634 g/mol. The van der Waals surface area contributed by atoms with E-state index in [1.165, 1.54) is 24.1 Å². The fraction of sp³-hybridized carbons (Fsp3) is 0.297. The van der Waals surface area contributed by atoms with Crippen LogP contribution in [0.25, 0.3) is 0 Å². The number of hydrogen-bond donors (Lipinski definition) is 1. The lowest BCUT2D eigenvalue weighted by Gasteiger charge is -2.35. The zero-order chi connectivity index (χ0) is 33.2. The molecule has 1 atom stereocenters. The summed E-state index contributed by atoms with van der Waals surface area (Å²) in [5.74, 6) is -0.366. The van der Waals surface area contributed by atoms with E-state index in [2.05, 4.69) is 5.32 Å². The number of anilines is 1. The molecular formula is C37H40ClN3O5S. The van der Waals surface area contributed by atoms with E-state index in [9.17, 15) is 18.0 Å². The van der Waals surface area contributed by atoms with E-state index >= 15 is 0 Å². The van der Waals surface area contributed by atoms with Gasteiger partial charge < -0.3 is 15.0 Å². The number of hydrogen-bond acceptors (Lipinski definition) is 5. The molecule has 0 saturated heterocycles. The molecule has 0 radical (unpaired) electrons.